The number of nitrogens with zero attached hydrogens (tertiary/aromatic N) is 2. The predicted octanol–water partition coefficient (Wildman–Crippen LogP) is 3.92. The number of carbonyl (C=O) groups excluding carboxylic acids is 2. The van der Waals surface area contributed by atoms with Crippen LogP contribution in [-0.4, -0.2) is 22.3 Å². The molecule has 0 aliphatic heterocycles. The third kappa shape index (κ3) is 4.15. The molecule has 0 radical (unpaired) electrons. The fourth-order valence-corrected chi connectivity index (χ4v) is 2.49. The number of aliphatic imine (C=N–C) groups is 1. The van der Waals surface area contributed by atoms with Crippen LogP contribution in [0.25, 0.3) is 0 Å². The Morgan fingerprint density at radius 1 is 1.00 bits per heavy atom. The molecule has 1 amide bonds. The van der Waals surface area contributed by atoms with E-state index in [0.29, 0.717) is 16.9 Å². The second-order valence-corrected chi connectivity index (χ2v) is 6.48. The Labute approximate surface area is 146 Å². The van der Waals surface area contributed by atoms with Crippen molar-refractivity contribution >= 4 is 23.1 Å². The van der Waals surface area contributed by atoms with Gasteiger partial charge in [-0.05, 0) is 36.1 Å². The van der Waals surface area contributed by atoms with Gasteiger partial charge in [0.1, 0.15) is 0 Å². The summed E-state index contributed by atoms with van der Waals surface area (Å²) in [4.78, 5) is 39.0. The van der Waals surface area contributed by atoms with Crippen LogP contribution in [0, 0.1) is 22.0 Å². The van der Waals surface area contributed by atoms with E-state index in [4.69, 9.17) is 0 Å². The smallest absolute Gasteiger partial charge is 0.277 e. The van der Waals surface area contributed by atoms with Crippen molar-refractivity contribution in [3.8, 4) is 0 Å². The molecular formula is C19H20N2O4. The number of ketones is 1. The molecule has 0 aromatic heterocycles. The van der Waals surface area contributed by atoms with Crippen molar-refractivity contribution < 1.29 is 14.5 Å². The fraction of sp³-hybridized carbons (Fsp3) is 0.316. The molecule has 0 saturated carbocycles. The molecule has 25 heavy (non-hydrogen) atoms. The van der Waals surface area contributed by atoms with Crippen molar-refractivity contribution in [2.24, 2.45) is 16.8 Å². The lowest BCUT2D eigenvalue weighted by Crippen LogP contribution is -2.21. The lowest BCUT2D eigenvalue weighted by atomic mass is 9.84. The quantitative estimate of drug-likeness (QED) is 0.472. The zero-order valence-corrected chi connectivity index (χ0v) is 14.6. The van der Waals surface area contributed by atoms with Crippen molar-refractivity contribution in [1.29, 1.82) is 0 Å². The SMILES string of the molecule is CC(C)C1=CC(=NC(=O)c2ccc([N+](=O)[O-])cc2)C=C(C(C)C)C1=O. The molecule has 0 saturated heterocycles. The van der Waals surface area contributed by atoms with Gasteiger partial charge in [0.05, 0.1) is 10.6 Å². The number of Topliss-reactive ketones (excluding diaryl/α,β-unsaturated/α-hetero) is 1. The molecule has 0 fully saturated rings. The van der Waals surface area contributed by atoms with Gasteiger partial charge in [-0.3, -0.25) is 19.7 Å². The summed E-state index contributed by atoms with van der Waals surface area (Å²) >= 11 is 0. The Bertz CT molecular complexity index is 782. The highest BCUT2D eigenvalue weighted by atomic mass is 16.6. The van der Waals surface area contributed by atoms with Gasteiger partial charge in [0.2, 0.25) is 0 Å². The maximum atomic E-state index is 12.5. The van der Waals surface area contributed by atoms with Crippen LogP contribution >= 0.6 is 0 Å². The molecule has 1 aliphatic carbocycles. The summed E-state index contributed by atoms with van der Waals surface area (Å²) in [6.45, 7) is 7.68. The van der Waals surface area contributed by atoms with Gasteiger partial charge < -0.3 is 0 Å². The molecule has 1 aliphatic rings. The molecule has 1 aromatic carbocycles. The largest absolute Gasteiger partial charge is 0.289 e. The number of benzene rings is 1. The third-order valence-corrected chi connectivity index (χ3v) is 3.93. The maximum Gasteiger partial charge on any atom is 0.277 e. The zero-order valence-electron chi connectivity index (χ0n) is 14.6. The molecule has 0 heterocycles. The van der Waals surface area contributed by atoms with Crippen LogP contribution in [0.4, 0.5) is 5.69 Å². The van der Waals surface area contributed by atoms with E-state index in [1.54, 1.807) is 12.2 Å². The number of rotatable bonds is 4. The van der Waals surface area contributed by atoms with Crippen LogP contribution in [-0.2, 0) is 4.79 Å². The van der Waals surface area contributed by atoms with Crippen LogP contribution in [0.2, 0.25) is 0 Å². The molecule has 6 heteroatoms. The Kier molecular flexibility index (Phi) is 5.41. The van der Waals surface area contributed by atoms with Crippen LogP contribution in [0.1, 0.15) is 38.1 Å². The molecular weight excluding hydrogens is 320 g/mol. The van der Waals surface area contributed by atoms with Gasteiger partial charge in [0, 0.05) is 28.8 Å². The maximum absolute atomic E-state index is 12.5. The van der Waals surface area contributed by atoms with E-state index in [-0.39, 0.29) is 28.9 Å². The Hall–Kier alpha value is -2.89. The summed E-state index contributed by atoms with van der Waals surface area (Å²) in [5, 5.41) is 10.7. The van der Waals surface area contributed by atoms with Crippen LogP contribution in [0.3, 0.4) is 0 Å². The minimum atomic E-state index is -0.526. The number of amides is 1. The van der Waals surface area contributed by atoms with Gasteiger partial charge in [-0.1, -0.05) is 27.7 Å². The van der Waals surface area contributed by atoms with Crippen LogP contribution in [0.5, 0.6) is 0 Å². The number of allylic oxidation sites excluding steroid dienone is 4. The number of nitro groups is 1. The average molecular weight is 340 g/mol. The van der Waals surface area contributed by atoms with Gasteiger partial charge in [-0.25, -0.2) is 4.99 Å². The number of non-ortho nitro benzene ring substituents is 1. The summed E-state index contributed by atoms with van der Waals surface area (Å²) < 4.78 is 0. The first-order valence-electron chi connectivity index (χ1n) is 8.06. The highest BCUT2D eigenvalue weighted by Crippen LogP contribution is 2.25. The topological polar surface area (TPSA) is 89.6 Å². The molecule has 0 atom stereocenters. The van der Waals surface area contributed by atoms with Crippen molar-refractivity contribution in [2.45, 2.75) is 27.7 Å². The van der Waals surface area contributed by atoms with E-state index in [9.17, 15) is 19.7 Å². The fourth-order valence-electron chi connectivity index (χ4n) is 2.49. The molecule has 6 nitrogen and oxygen atoms in total. The minimum absolute atomic E-state index is 0.00765. The van der Waals surface area contributed by atoms with E-state index < -0.39 is 10.8 Å². The number of hydrogen-bond acceptors (Lipinski definition) is 4. The zero-order chi connectivity index (χ0) is 18.7. The van der Waals surface area contributed by atoms with Gasteiger partial charge in [0.25, 0.3) is 11.6 Å². The number of hydrogen-bond donors (Lipinski definition) is 0. The highest BCUT2D eigenvalue weighted by Gasteiger charge is 2.25. The Morgan fingerprint density at radius 3 is 1.88 bits per heavy atom. The third-order valence-electron chi connectivity index (χ3n) is 3.93. The second kappa shape index (κ2) is 7.34. The molecule has 0 N–H and O–H groups in total. The lowest BCUT2D eigenvalue weighted by molar-refractivity contribution is -0.384. The van der Waals surface area contributed by atoms with Crippen molar-refractivity contribution in [3.05, 3.63) is 63.2 Å². The van der Waals surface area contributed by atoms with E-state index in [2.05, 4.69) is 4.99 Å². The van der Waals surface area contributed by atoms with Crippen LogP contribution in [0.15, 0.2) is 52.6 Å². The first-order valence-corrected chi connectivity index (χ1v) is 8.06. The second-order valence-electron chi connectivity index (χ2n) is 6.48. The Balaban J connectivity index is 2.38. The van der Waals surface area contributed by atoms with Gasteiger partial charge in [-0.2, -0.15) is 0 Å². The first kappa shape index (κ1) is 18.4. The normalized spacial score (nSPS) is 14.5. The van der Waals surface area contributed by atoms with Crippen molar-refractivity contribution in [2.75, 3.05) is 0 Å². The Morgan fingerprint density at radius 2 is 1.48 bits per heavy atom. The van der Waals surface area contributed by atoms with Gasteiger partial charge >= 0.3 is 0 Å². The summed E-state index contributed by atoms with van der Waals surface area (Å²) in [5.41, 5.74) is 1.85. The standard InChI is InChI=1S/C19H20N2O4/c1-11(2)16-9-14(10-17(12(3)4)18(16)22)20-19(23)13-5-7-15(8-6-13)21(24)25/h5-12H,1-4H3. The first-order chi connectivity index (χ1) is 11.7. The lowest BCUT2D eigenvalue weighted by Gasteiger charge is -2.19. The molecule has 0 unspecified atom stereocenters. The summed E-state index contributed by atoms with van der Waals surface area (Å²) in [6.07, 6.45) is 3.28. The highest BCUT2D eigenvalue weighted by molar-refractivity contribution is 6.24. The molecule has 0 bridgehead atoms. The minimum Gasteiger partial charge on any atom is -0.289 e. The molecule has 130 valence electrons. The molecule has 0 spiro atoms. The van der Waals surface area contributed by atoms with Crippen molar-refractivity contribution in [1.82, 2.24) is 0 Å². The average Bonchev–Trinajstić information content (AvgIpc) is 2.55. The number of nitro benzene ring substituents is 1. The summed E-state index contributed by atoms with van der Waals surface area (Å²) in [6, 6.07) is 5.28. The van der Waals surface area contributed by atoms with E-state index >= 15 is 0 Å². The van der Waals surface area contributed by atoms with Crippen LogP contribution < -0.4 is 0 Å². The van der Waals surface area contributed by atoms with E-state index in [0.717, 1.165) is 0 Å². The summed E-state index contributed by atoms with van der Waals surface area (Å²) in [5.74, 6) is -0.464. The molecule has 2 rings (SSSR count). The van der Waals surface area contributed by atoms with Gasteiger partial charge in [-0.15, -0.1) is 0 Å². The van der Waals surface area contributed by atoms with E-state index in [1.807, 2.05) is 27.7 Å². The molecule has 1 aromatic rings. The van der Waals surface area contributed by atoms with Gasteiger partial charge in [0.15, 0.2) is 5.78 Å². The number of carbonyl (C=O) groups is 2. The van der Waals surface area contributed by atoms with E-state index in [1.165, 1.54) is 24.3 Å². The summed E-state index contributed by atoms with van der Waals surface area (Å²) in [7, 11) is 0. The predicted molar refractivity (Wildman–Crippen MR) is 95.7 cm³/mol. The van der Waals surface area contributed by atoms with Crippen molar-refractivity contribution in [3.63, 3.8) is 0 Å². The monoisotopic (exact) mass is 340 g/mol.